The van der Waals surface area contributed by atoms with Gasteiger partial charge in [-0.2, -0.15) is 0 Å². The Morgan fingerprint density at radius 1 is 0.900 bits per heavy atom. The Labute approximate surface area is 177 Å². The molecule has 0 saturated carbocycles. The standard InChI is InChI=1S/C22H19N3O4S/c26-20(18-13-30-14-25(18)22(28)15-5-2-1-3-6-15)23-16-8-10-17(11-9-16)24-21(27)19-7-4-12-29-19/h1-12,18H,13-14H2,(H,23,26)(H,24,27)/t18-/m0/s1. The molecular formula is C22H19N3O4S. The van der Waals surface area contributed by atoms with Gasteiger partial charge in [-0.3, -0.25) is 14.4 Å². The Bertz CT molecular complexity index is 1040. The number of hydrogen-bond donors (Lipinski definition) is 2. The fraction of sp³-hybridized carbons (Fsp3) is 0.136. The van der Waals surface area contributed by atoms with Crippen molar-refractivity contribution >= 4 is 40.9 Å². The molecule has 0 unspecified atom stereocenters. The van der Waals surface area contributed by atoms with Crippen LogP contribution in [0.25, 0.3) is 0 Å². The summed E-state index contributed by atoms with van der Waals surface area (Å²) in [6.07, 6.45) is 1.43. The first-order chi connectivity index (χ1) is 14.6. The molecule has 3 amide bonds. The molecule has 2 heterocycles. The van der Waals surface area contributed by atoms with Crippen molar-refractivity contribution < 1.29 is 18.8 Å². The molecule has 7 nitrogen and oxygen atoms in total. The molecule has 1 fully saturated rings. The average molecular weight is 421 g/mol. The summed E-state index contributed by atoms with van der Waals surface area (Å²) in [5.74, 6) is 0.489. The van der Waals surface area contributed by atoms with Gasteiger partial charge >= 0.3 is 0 Å². The predicted octanol–water partition coefficient (Wildman–Crippen LogP) is 3.69. The van der Waals surface area contributed by atoms with Gasteiger partial charge in [-0.15, -0.1) is 11.8 Å². The second-order valence-corrected chi connectivity index (χ2v) is 7.65. The van der Waals surface area contributed by atoms with Gasteiger partial charge in [0.2, 0.25) is 5.91 Å². The quantitative estimate of drug-likeness (QED) is 0.656. The predicted molar refractivity (Wildman–Crippen MR) is 115 cm³/mol. The maximum Gasteiger partial charge on any atom is 0.291 e. The molecule has 0 radical (unpaired) electrons. The summed E-state index contributed by atoms with van der Waals surface area (Å²) in [5.41, 5.74) is 1.72. The molecule has 1 aliphatic heterocycles. The number of nitrogens with zero attached hydrogens (tertiary/aromatic N) is 1. The lowest BCUT2D eigenvalue weighted by Gasteiger charge is -2.23. The number of rotatable bonds is 5. The van der Waals surface area contributed by atoms with Gasteiger partial charge in [0, 0.05) is 22.7 Å². The van der Waals surface area contributed by atoms with Crippen LogP contribution in [0.2, 0.25) is 0 Å². The number of thioether (sulfide) groups is 1. The van der Waals surface area contributed by atoms with E-state index < -0.39 is 6.04 Å². The molecule has 0 aliphatic carbocycles. The van der Waals surface area contributed by atoms with E-state index in [2.05, 4.69) is 10.6 Å². The number of nitrogens with one attached hydrogen (secondary N) is 2. The van der Waals surface area contributed by atoms with Gasteiger partial charge in [-0.05, 0) is 48.5 Å². The van der Waals surface area contributed by atoms with Crippen LogP contribution in [0.4, 0.5) is 11.4 Å². The van der Waals surface area contributed by atoms with E-state index in [4.69, 9.17) is 4.42 Å². The summed E-state index contributed by atoms with van der Waals surface area (Å²) >= 11 is 1.55. The Hall–Kier alpha value is -3.52. The van der Waals surface area contributed by atoms with Crippen LogP contribution in [0.1, 0.15) is 20.9 Å². The van der Waals surface area contributed by atoms with Gasteiger partial charge in [-0.25, -0.2) is 0 Å². The maximum atomic E-state index is 12.8. The molecule has 2 N–H and O–H groups in total. The van der Waals surface area contributed by atoms with Crippen molar-refractivity contribution in [3.05, 3.63) is 84.3 Å². The van der Waals surface area contributed by atoms with Gasteiger partial charge in [-0.1, -0.05) is 18.2 Å². The lowest BCUT2D eigenvalue weighted by Crippen LogP contribution is -2.44. The summed E-state index contributed by atoms with van der Waals surface area (Å²) in [5, 5.41) is 5.57. The molecule has 152 valence electrons. The summed E-state index contributed by atoms with van der Waals surface area (Å²) < 4.78 is 5.06. The monoisotopic (exact) mass is 421 g/mol. The summed E-state index contributed by atoms with van der Waals surface area (Å²) in [6.45, 7) is 0. The van der Waals surface area contributed by atoms with Gasteiger partial charge in [0.15, 0.2) is 5.76 Å². The van der Waals surface area contributed by atoms with E-state index in [1.165, 1.54) is 6.26 Å². The zero-order valence-electron chi connectivity index (χ0n) is 15.9. The SMILES string of the molecule is O=C(Nc1ccc(NC(=O)[C@@H]2CSCN2C(=O)c2ccccc2)cc1)c1ccco1. The van der Waals surface area contributed by atoms with Gasteiger partial charge in [0.05, 0.1) is 12.1 Å². The van der Waals surface area contributed by atoms with E-state index in [1.54, 1.807) is 77.3 Å². The smallest absolute Gasteiger partial charge is 0.291 e. The van der Waals surface area contributed by atoms with Crippen molar-refractivity contribution in [1.82, 2.24) is 4.90 Å². The number of furan rings is 1. The zero-order chi connectivity index (χ0) is 20.9. The van der Waals surface area contributed by atoms with Gasteiger partial charge < -0.3 is 20.0 Å². The fourth-order valence-corrected chi connectivity index (χ4v) is 4.22. The first kappa shape index (κ1) is 19.8. The Morgan fingerprint density at radius 2 is 1.60 bits per heavy atom. The molecule has 1 saturated heterocycles. The van der Waals surface area contributed by atoms with E-state index in [-0.39, 0.29) is 23.5 Å². The Balaban J connectivity index is 1.38. The number of carbonyl (C=O) groups is 3. The summed E-state index contributed by atoms with van der Waals surface area (Å²) in [7, 11) is 0. The van der Waals surface area contributed by atoms with Crippen molar-refractivity contribution in [2.75, 3.05) is 22.3 Å². The molecule has 1 aliphatic rings. The second kappa shape index (κ2) is 8.87. The molecule has 0 bridgehead atoms. The van der Waals surface area contributed by atoms with Crippen LogP contribution in [0.5, 0.6) is 0 Å². The van der Waals surface area contributed by atoms with Crippen LogP contribution in [-0.4, -0.2) is 40.3 Å². The highest BCUT2D eigenvalue weighted by atomic mass is 32.2. The van der Waals surface area contributed by atoms with Gasteiger partial charge in [0.25, 0.3) is 11.8 Å². The zero-order valence-corrected chi connectivity index (χ0v) is 16.7. The average Bonchev–Trinajstić information content (AvgIpc) is 3.47. The third-order valence-electron chi connectivity index (χ3n) is 4.62. The molecule has 8 heteroatoms. The highest BCUT2D eigenvalue weighted by Gasteiger charge is 2.35. The van der Waals surface area contributed by atoms with E-state index in [9.17, 15) is 14.4 Å². The fourth-order valence-electron chi connectivity index (χ4n) is 3.07. The maximum absolute atomic E-state index is 12.8. The van der Waals surface area contributed by atoms with Crippen molar-refractivity contribution in [3.8, 4) is 0 Å². The molecular weight excluding hydrogens is 402 g/mol. The van der Waals surface area contributed by atoms with E-state index in [0.717, 1.165) is 0 Å². The number of carbonyl (C=O) groups excluding carboxylic acids is 3. The minimum absolute atomic E-state index is 0.156. The molecule has 0 spiro atoms. The number of anilines is 2. The van der Waals surface area contributed by atoms with Crippen molar-refractivity contribution in [2.24, 2.45) is 0 Å². The largest absolute Gasteiger partial charge is 0.459 e. The third kappa shape index (κ3) is 4.38. The van der Waals surface area contributed by atoms with Crippen molar-refractivity contribution in [2.45, 2.75) is 6.04 Å². The third-order valence-corrected chi connectivity index (χ3v) is 5.63. The van der Waals surface area contributed by atoms with Crippen LogP contribution >= 0.6 is 11.8 Å². The van der Waals surface area contributed by atoms with Crippen LogP contribution < -0.4 is 10.6 Å². The highest BCUT2D eigenvalue weighted by Crippen LogP contribution is 2.25. The molecule has 2 aromatic carbocycles. The van der Waals surface area contributed by atoms with Crippen LogP contribution in [0.15, 0.2) is 77.4 Å². The first-order valence-corrected chi connectivity index (χ1v) is 10.5. The second-order valence-electron chi connectivity index (χ2n) is 6.65. The lowest BCUT2D eigenvalue weighted by atomic mass is 10.1. The van der Waals surface area contributed by atoms with Crippen LogP contribution in [0.3, 0.4) is 0 Å². The summed E-state index contributed by atoms with van der Waals surface area (Å²) in [4.78, 5) is 39.1. The molecule has 1 aromatic heterocycles. The van der Waals surface area contributed by atoms with E-state index in [0.29, 0.717) is 28.6 Å². The van der Waals surface area contributed by atoms with Crippen molar-refractivity contribution in [1.29, 1.82) is 0 Å². The van der Waals surface area contributed by atoms with E-state index in [1.807, 2.05) is 6.07 Å². The number of hydrogen-bond acceptors (Lipinski definition) is 5. The molecule has 4 rings (SSSR count). The molecule has 3 aromatic rings. The van der Waals surface area contributed by atoms with Gasteiger partial charge in [0.1, 0.15) is 6.04 Å². The highest BCUT2D eigenvalue weighted by molar-refractivity contribution is 7.99. The molecule has 30 heavy (non-hydrogen) atoms. The number of amides is 3. The molecule has 1 atom stereocenters. The Kier molecular flexibility index (Phi) is 5.85. The Morgan fingerprint density at radius 3 is 2.27 bits per heavy atom. The first-order valence-electron chi connectivity index (χ1n) is 9.31. The summed E-state index contributed by atoms with van der Waals surface area (Å²) in [6, 6.07) is 18.4. The minimum atomic E-state index is -0.541. The topological polar surface area (TPSA) is 91.7 Å². The van der Waals surface area contributed by atoms with Crippen LogP contribution in [-0.2, 0) is 4.79 Å². The van der Waals surface area contributed by atoms with Crippen molar-refractivity contribution in [3.63, 3.8) is 0 Å². The van der Waals surface area contributed by atoms with Crippen LogP contribution in [0, 0.1) is 0 Å². The lowest BCUT2D eigenvalue weighted by molar-refractivity contribution is -0.119. The normalized spacial score (nSPS) is 15.6. The van der Waals surface area contributed by atoms with E-state index >= 15 is 0 Å². The number of benzene rings is 2. The minimum Gasteiger partial charge on any atom is -0.459 e.